The van der Waals surface area contributed by atoms with Crippen LogP contribution in [0.15, 0.2) is 12.1 Å². The number of carbonyl (C=O) groups is 1. The van der Waals surface area contributed by atoms with E-state index in [9.17, 15) is 4.79 Å². The summed E-state index contributed by atoms with van der Waals surface area (Å²) in [5, 5.41) is 0. The van der Waals surface area contributed by atoms with Crippen molar-refractivity contribution in [2.24, 2.45) is 0 Å². The van der Waals surface area contributed by atoms with Gasteiger partial charge in [0.1, 0.15) is 12.2 Å². The van der Waals surface area contributed by atoms with Crippen LogP contribution in [-0.2, 0) is 11.3 Å². The van der Waals surface area contributed by atoms with Crippen LogP contribution in [0.25, 0.3) is 0 Å². The molecule has 23 heavy (non-hydrogen) atoms. The van der Waals surface area contributed by atoms with E-state index in [0.29, 0.717) is 31.5 Å². The Labute approximate surface area is 137 Å². The lowest BCUT2D eigenvalue weighted by atomic mass is 10.2. The third kappa shape index (κ3) is 5.01. The van der Waals surface area contributed by atoms with Crippen molar-refractivity contribution in [1.29, 1.82) is 0 Å². The lowest BCUT2D eigenvalue weighted by Crippen LogP contribution is -2.37. The largest absolute Gasteiger partial charge is 0.475 e. The third-order valence-electron chi connectivity index (χ3n) is 3.42. The fourth-order valence-corrected chi connectivity index (χ4v) is 2.07. The minimum atomic E-state index is -0.515. The number of rotatable bonds is 3. The first-order valence-electron chi connectivity index (χ1n) is 8.06. The smallest absolute Gasteiger partial charge is 0.410 e. The molecule has 1 aromatic heterocycles. The van der Waals surface area contributed by atoms with Gasteiger partial charge in [-0.25, -0.2) is 4.79 Å². The van der Waals surface area contributed by atoms with Crippen LogP contribution < -0.4 is 9.47 Å². The van der Waals surface area contributed by atoms with Crippen molar-refractivity contribution in [3.05, 3.63) is 17.7 Å². The number of pyridine rings is 1. The summed E-state index contributed by atoms with van der Waals surface area (Å²) < 4.78 is 16.8. The van der Waals surface area contributed by atoms with Crippen LogP contribution in [0.2, 0.25) is 0 Å². The van der Waals surface area contributed by atoms with E-state index >= 15 is 0 Å². The van der Waals surface area contributed by atoms with E-state index in [4.69, 9.17) is 14.2 Å². The van der Waals surface area contributed by atoms with Gasteiger partial charge < -0.3 is 19.1 Å². The van der Waals surface area contributed by atoms with Crippen LogP contribution in [0.5, 0.6) is 11.8 Å². The van der Waals surface area contributed by atoms with Crippen molar-refractivity contribution in [3.8, 4) is 11.8 Å². The van der Waals surface area contributed by atoms with Gasteiger partial charge in [0.25, 0.3) is 0 Å². The molecule has 128 valence electrons. The molecule has 2 heterocycles. The number of carbonyl (C=O) groups excluding carboxylic acids is 1. The summed E-state index contributed by atoms with van der Waals surface area (Å²) in [7, 11) is 0. The standard InChI is InChI=1S/C17H26N2O4/c1-6-12(2)22-14-8-7-13-11-19(9-10-21-15(13)18-14)16(20)23-17(3,4)5/h7-8,12H,6,9-11H2,1-5H3/t12-/m0/s1. The van der Waals surface area contributed by atoms with Gasteiger partial charge in [0, 0.05) is 11.6 Å². The van der Waals surface area contributed by atoms with Crippen molar-refractivity contribution in [2.45, 2.75) is 59.3 Å². The number of ether oxygens (including phenoxy) is 3. The topological polar surface area (TPSA) is 60.9 Å². The molecule has 1 aliphatic heterocycles. The molecule has 6 nitrogen and oxygen atoms in total. The van der Waals surface area contributed by atoms with E-state index in [1.54, 1.807) is 4.90 Å². The Kier molecular flexibility index (Phi) is 5.34. The van der Waals surface area contributed by atoms with Crippen LogP contribution in [0.1, 0.15) is 46.6 Å². The molecule has 1 atom stereocenters. The SMILES string of the molecule is CC[C@H](C)Oc1ccc2c(n1)OCCN(C(=O)OC(C)(C)C)C2. The van der Waals surface area contributed by atoms with Crippen molar-refractivity contribution >= 4 is 6.09 Å². The fraction of sp³-hybridized carbons (Fsp3) is 0.647. The molecule has 2 rings (SSSR count). The Balaban J connectivity index is 2.10. The van der Waals surface area contributed by atoms with Gasteiger partial charge in [-0.3, -0.25) is 0 Å². The molecular formula is C17H26N2O4. The van der Waals surface area contributed by atoms with Crippen molar-refractivity contribution in [3.63, 3.8) is 0 Å². The summed E-state index contributed by atoms with van der Waals surface area (Å²) in [5.74, 6) is 1.07. The summed E-state index contributed by atoms with van der Waals surface area (Å²) in [5.41, 5.74) is 0.337. The van der Waals surface area contributed by atoms with Gasteiger partial charge in [-0.15, -0.1) is 0 Å². The molecule has 0 spiro atoms. The number of fused-ring (bicyclic) bond motifs is 1. The van der Waals surface area contributed by atoms with E-state index in [2.05, 4.69) is 11.9 Å². The molecule has 0 aliphatic carbocycles. The molecule has 0 aromatic carbocycles. The average molecular weight is 322 g/mol. The maximum Gasteiger partial charge on any atom is 0.410 e. The van der Waals surface area contributed by atoms with E-state index in [0.717, 1.165) is 12.0 Å². The van der Waals surface area contributed by atoms with Crippen LogP contribution in [0, 0.1) is 0 Å². The molecule has 0 bridgehead atoms. The normalized spacial score (nSPS) is 16.0. The number of hydrogen-bond donors (Lipinski definition) is 0. The second-order valence-corrected chi connectivity index (χ2v) is 6.70. The summed E-state index contributed by atoms with van der Waals surface area (Å²) in [4.78, 5) is 18.3. The van der Waals surface area contributed by atoms with Gasteiger partial charge in [-0.2, -0.15) is 4.98 Å². The van der Waals surface area contributed by atoms with Gasteiger partial charge in [0.2, 0.25) is 11.8 Å². The van der Waals surface area contributed by atoms with Gasteiger partial charge in [-0.05, 0) is 40.2 Å². The van der Waals surface area contributed by atoms with Crippen molar-refractivity contribution < 1.29 is 19.0 Å². The number of amides is 1. The second-order valence-electron chi connectivity index (χ2n) is 6.70. The van der Waals surface area contributed by atoms with Gasteiger partial charge in [0.15, 0.2) is 0 Å². The summed E-state index contributed by atoms with van der Waals surface area (Å²) in [6.45, 7) is 10.9. The zero-order valence-electron chi connectivity index (χ0n) is 14.6. The van der Waals surface area contributed by atoms with Crippen LogP contribution in [-0.4, -0.2) is 40.8 Å². The van der Waals surface area contributed by atoms with Gasteiger partial charge in [-0.1, -0.05) is 6.92 Å². The quantitative estimate of drug-likeness (QED) is 0.853. The number of aromatic nitrogens is 1. The van der Waals surface area contributed by atoms with E-state index in [1.807, 2.05) is 39.8 Å². The maximum atomic E-state index is 12.2. The predicted octanol–water partition coefficient (Wildman–Crippen LogP) is 3.39. The first kappa shape index (κ1) is 17.4. The lowest BCUT2D eigenvalue weighted by molar-refractivity contribution is 0.0225. The minimum Gasteiger partial charge on any atom is -0.475 e. The van der Waals surface area contributed by atoms with Crippen LogP contribution in [0.4, 0.5) is 4.79 Å². The molecule has 0 saturated heterocycles. The maximum absolute atomic E-state index is 12.2. The van der Waals surface area contributed by atoms with Crippen LogP contribution >= 0.6 is 0 Å². The molecule has 0 fully saturated rings. The highest BCUT2D eigenvalue weighted by molar-refractivity contribution is 5.68. The molecule has 0 saturated carbocycles. The van der Waals surface area contributed by atoms with Gasteiger partial charge in [0.05, 0.1) is 19.2 Å². The summed E-state index contributed by atoms with van der Waals surface area (Å²) >= 11 is 0. The Bertz CT molecular complexity index is 554. The average Bonchev–Trinajstić information content (AvgIpc) is 2.67. The third-order valence-corrected chi connectivity index (χ3v) is 3.42. The fourth-order valence-electron chi connectivity index (χ4n) is 2.07. The molecule has 1 aromatic rings. The summed E-state index contributed by atoms with van der Waals surface area (Å²) in [6, 6.07) is 3.70. The minimum absolute atomic E-state index is 0.101. The highest BCUT2D eigenvalue weighted by Gasteiger charge is 2.25. The lowest BCUT2D eigenvalue weighted by Gasteiger charge is -2.26. The molecule has 6 heteroatoms. The van der Waals surface area contributed by atoms with E-state index in [1.165, 1.54) is 0 Å². The monoisotopic (exact) mass is 322 g/mol. The zero-order chi connectivity index (χ0) is 17.0. The molecule has 1 aliphatic rings. The molecule has 0 unspecified atom stereocenters. The molecule has 0 radical (unpaired) electrons. The number of hydrogen-bond acceptors (Lipinski definition) is 5. The molecule has 1 amide bonds. The predicted molar refractivity (Wildman–Crippen MR) is 86.8 cm³/mol. The summed E-state index contributed by atoms with van der Waals surface area (Å²) in [6.07, 6.45) is 0.671. The highest BCUT2D eigenvalue weighted by atomic mass is 16.6. The number of nitrogens with zero attached hydrogens (tertiary/aromatic N) is 2. The second kappa shape index (κ2) is 7.06. The Morgan fingerprint density at radius 2 is 2.17 bits per heavy atom. The first-order chi connectivity index (χ1) is 10.8. The Morgan fingerprint density at radius 1 is 1.43 bits per heavy atom. The molecular weight excluding hydrogens is 296 g/mol. The molecule has 0 N–H and O–H groups in total. The van der Waals surface area contributed by atoms with E-state index < -0.39 is 5.60 Å². The van der Waals surface area contributed by atoms with Crippen molar-refractivity contribution in [1.82, 2.24) is 9.88 Å². The Morgan fingerprint density at radius 3 is 2.83 bits per heavy atom. The van der Waals surface area contributed by atoms with Crippen molar-refractivity contribution in [2.75, 3.05) is 13.2 Å². The highest BCUT2D eigenvalue weighted by Crippen LogP contribution is 2.25. The zero-order valence-corrected chi connectivity index (χ0v) is 14.6. The Hall–Kier alpha value is -1.98. The van der Waals surface area contributed by atoms with Gasteiger partial charge >= 0.3 is 6.09 Å². The van der Waals surface area contributed by atoms with Crippen LogP contribution in [0.3, 0.4) is 0 Å². The van der Waals surface area contributed by atoms with E-state index in [-0.39, 0.29) is 12.2 Å². The first-order valence-corrected chi connectivity index (χ1v) is 8.06.